The Hall–Kier alpha value is -1.56. The fourth-order valence-electron chi connectivity index (χ4n) is 1.79. The van der Waals surface area contributed by atoms with Crippen LogP contribution < -0.4 is 10.6 Å². The lowest BCUT2D eigenvalue weighted by atomic mass is 10.1. The smallest absolute Gasteiger partial charge is 0.413 e. The average molecular weight is 267 g/mol. The molecular weight excluding hydrogens is 250 g/mol. The van der Waals surface area contributed by atoms with Crippen LogP contribution in [0.15, 0.2) is 16.4 Å². The molecule has 2 rings (SSSR count). The molecule has 1 atom stereocenters. The maximum atomic E-state index is 11.1. The molecule has 98 valence electrons. The number of nitrogens with one attached hydrogen (secondary N) is 2. The molecule has 2 heterocycles. The highest BCUT2D eigenvalue weighted by Crippen LogP contribution is 2.26. The van der Waals surface area contributed by atoms with E-state index in [0.717, 1.165) is 12.8 Å². The van der Waals surface area contributed by atoms with Crippen molar-refractivity contribution in [2.24, 2.45) is 4.99 Å². The van der Waals surface area contributed by atoms with Crippen molar-refractivity contribution in [2.75, 3.05) is 13.7 Å². The Kier molecular flexibility index (Phi) is 4.19. The molecule has 0 saturated carbocycles. The van der Waals surface area contributed by atoms with Crippen molar-refractivity contribution in [3.05, 3.63) is 21.9 Å². The molecule has 0 aromatic carbocycles. The summed E-state index contributed by atoms with van der Waals surface area (Å²) in [5, 5.41) is 7.97. The van der Waals surface area contributed by atoms with Gasteiger partial charge >= 0.3 is 6.09 Å². The van der Waals surface area contributed by atoms with E-state index in [4.69, 9.17) is 0 Å². The van der Waals surface area contributed by atoms with Gasteiger partial charge in [-0.15, -0.1) is 11.3 Å². The second-order valence-corrected chi connectivity index (χ2v) is 4.99. The number of carbonyl (C=O) groups is 1. The van der Waals surface area contributed by atoms with E-state index in [0.29, 0.717) is 12.5 Å². The molecule has 2 N–H and O–H groups in total. The van der Waals surface area contributed by atoms with Gasteiger partial charge in [-0.1, -0.05) is 6.92 Å². The molecule has 1 aromatic rings. The van der Waals surface area contributed by atoms with Gasteiger partial charge in [-0.3, -0.25) is 10.3 Å². The molecule has 1 aromatic heterocycles. The summed E-state index contributed by atoms with van der Waals surface area (Å²) in [5.41, 5.74) is 1.35. The number of carbonyl (C=O) groups excluding carboxylic acids is 1. The zero-order valence-electron chi connectivity index (χ0n) is 10.5. The van der Waals surface area contributed by atoms with E-state index in [1.54, 1.807) is 11.3 Å². The third kappa shape index (κ3) is 3.01. The van der Waals surface area contributed by atoms with E-state index in [2.05, 4.69) is 38.7 Å². The largest absolute Gasteiger partial charge is 0.453 e. The van der Waals surface area contributed by atoms with Crippen molar-refractivity contribution >= 4 is 23.4 Å². The van der Waals surface area contributed by atoms with Crippen molar-refractivity contribution in [1.82, 2.24) is 10.6 Å². The zero-order valence-corrected chi connectivity index (χ0v) is 11.3. The number of alkyl carbamates (subject to hydrolysis) is 1. The Morgan fingerprint density at radius 1 is 1.72 bits per heavy atom. The predicted molar refractivity (Wildman–Crippen MR) is 72.0 cm³/mol. The molecule has 1 amide bonds. The van der Waals surface area contributed by atoms with Crippen molar-refractivity contribution in [3.63, 3.8) is 0 Å². The number of nitrogens with zero attached hydrogens (tertiary/aromatic N) is 1. The maximum absolute atomic E-state index is 11.1. The molecule has 0 aliphatic carbocycles. The Bertz CT molecular complexity index is 456. The van der Waals surface area contributed by atoms with Gasteiger partial charge in [0.25, 0.3) is 0 Å². The van der Waals surface area contributed by atoms with Crippen LogP contribution in [0.1, 0.15) is 29.8 Å². The molecule has 0 fully saturated rings. The van der Waals surface area contributed by atoms with Crippen molar-refractivity contribution in [2.45, 2.75) is 25.8 Å². The first kappa shape index (κ1) is 12.9. The first-order valence-electron chi connectivity index (χ1n) is 5.96. The van der Waals surface area contributed by atoms with Gasteiger partial charge in [0, 0.05) is 11.4 Å². The molecule has 1 unspecified atom stereocenters. The number of rotatable bonds is 2. The Morgan fingerprint density at radius 3 is 3.22 bits per heavy atom. The van der Waals surface area contributed by atoms with Gasteiger partial charge in [-0.25, -0.2) is 4.79 Å². The molecule has 1 aliphatic heterocycles. The molecule has 1 aliphatic rings. The summed E-state index contributed by atoms with van der Waals surface area (Å²) in [4.78, 5) is 16.6. The van der Waals surface area contributed by atoms with E-state index >= 15 is 0 Å². The highest BCUT2D eigenvalue weighted by atomic mass is 32.1. The minimum Gasteiger partial charge on any atom is -0.453 e. The number of hydrogen-bond acceptors (Lipinski definition) is 5. The standard InChI is InChI=1S/C12H17N3O2S/c1-3-8-6-10(18-7-8)9-4-5-13-11(14-9)15-12(16)17-2/h6-7,9H,3-5H2,1-2H3,(H2,13,14,15,16). The molecule has 0 spiro atoms. The van der Waals surface area contributed by atoms with E-state index in [1.165, 1.54) is 17.6 Å². The zero-order chi connectivity index (χ0) is 13.0. The molecule has 0 bridgehead atoms. The molecule has 5 nitrogen and oxygen atoms in total. The van der Waals surface area contributed by atoms with Crippen LogP contribution in [0.3, 0.4) is 0 Å². The van der Waals surface area contributed by atoms with Crippen molar-refractivity contribution in [3.8, 4) is 0 Å². The van der Waals surface area contributed by atoms with Crippen LogP contribution in [-0.4, -0.2) is 25.7 Å². The van der Waals surface area contributed by atoms with Crippen molar-refractivity contribution < 1.29 is 9.53 Å². The van der Waals surface area contributed by atoms with Crippen LogP contribution in [0.4, 0.5) is 4.79 Å². The third-order valence-electron chi connectivity index (χ3n) is 2.83. The Labute approximate surface area is 110 Å². The monoisotopic (exact) mass is 267 g/mol. The Balaban J connectivity index is 2.00. The SMILES string of the molecule is CCc1csc(C2CCN=C(NC(=O)OC)N2)c1. The average Bonchev–Trinajstić information content (AvgIpc) is 2.87. The first-order chi connectivity index (χ1) is 8.72. The highest BCUT2D eigenvalue weighted by Gasteiger charge is 2.20. The molecule has 0 saturated heterocycles. The molecule has 0 radical (unpaired) electrons. The van der Waals surface area contributed by atoms with Crippen molar-refractivity contribution in [1.29, 1.82) is 0 Å². The maximum Gasteiger partial charge on any atom is 0.413 e. The summed E-state index contributed by atoms with van der Waals surface area (Å²) in [6, 6.07) is 2.43. The number of hydrogen-bond donors (Lipinski definition) is 2. The summed E-state index contributed by atoms with van der Waals surface area (Å²) in [5.74, 6) is 0.490. The van der Waals surface area contributed by atoms with Gasteiger partial charge in [-0.05, 0) is 29.9 Å². The van der Waals surface area contributed by atoms with E-state index < -0.39 is 6.09 Å². The second kappa shape index (κ2) is 5.86. The summed E-state index contributed by atoms with van der Waals surface area (Å²) in [6.45, 7) is 2.85. The highest BCUT2D eigenvalue weighted by molar-refractivity contribution is 7.10. The van der Waals surface area contributed by atoms with Gasteiger partial charge in [0.15, 0.2) is 0 Å². The number of ether oxygens (including phenoxy) is 1. The van der Waals surface area contributed by atoms with E-state index in [-0.39, 0.29) is 6.04 Å². The van der Waals surface area contributed by atoms with Crippen LogP contribution in [0.5, 0.6) is 0 Å². The topological polar surface area (TPSA) is 62.7 Å². The summed E-state index contributed by atoms with van der Waals surface area (Å²) >= 11 is 1.75. The molecule has 6 heteroatoms. The van der Waals surface area contributed by atoms with Gasteiger partial charge in [0.2, 0.25) is 5.96 Å². The number of thiophene rings is 1. The number of methoxy groups -OCH3 is 1. The number of aliphatic imine (C=N–C) groups is 1. The molecule has 18 heavy (non-hydrogen) atoms. The second-order valence-electron chi connectivity index (χ2n) is 4.04. The minimum atomic E-state index is -0.498. The number of aryl methyl sites for hydroxylation is 1. The van der Waals surface area contributed by atoms with Gasteiger partial charge in [0.1, 0.15) is 0 Å². The lowest BCUT2D eigenvalue weighted by Gasteiger charge is -2.23. The third-order valence-corrected chi connectivity index (χ3v) is 3.93. The normalized spacial score (nSPS) is 18.8. The quantitative estimate of drug-likeness (QED) is 0.862. The fraction of sp³-hybridized carbons (Fsp3) is 0.500. The van der Waals surface area contributed by atoms with E-state index in [1.807, 2.05) is 0 Å². The minimum absolute atomic E-state index is 0.222. The Morgan fingerprint density at radius 2 is 2.56 bits per heavy atom. The van der Waals surface area contributed by atoms with Gasteiger partial charge < -0.3 is 10.1 Å². The predicted octanol–water partition coefficient (Wildman–Crippen LogP) is 2.06. The summed E-state index contributed by atoms with van der Waals surface area (Å²) in [6.07, 6.45) is 1.49. The number of amides is 1. The van der Waals surface area contributed by atoms with Gasteiger partial charge in [0.05, 0.1) is 13.2 Å². The summed E-state index contributed by atoms with van der Waals surface area (Å²) < 4.78 is 4.55. The molecular formula is C12H17N3O2S. The number of guanidine groups is 1. The van der Waals surface area contributed by atoms with Gasteiger partial charge in [-0.2, -0.15) is 0 Å². The van der Waals surface area contributed by atoms with Crippen LogP contribution in [-0.2, 0) is 11.2 Å². The first-order valence-corrected chi connectivity index (χ1v) is 6.84. The van der Waals surface area contributed by atoms with Crippen LogP contribution in [0, 0.1) is 0 Å². The van der Waals surface area contributed by atoms with E-state index in [9.17, 15) is 4.79 Å². The lowest BCUT2D eigenvalue weighted by Crippen LogP contribution is -2.44. The lowest BCUT2D eigenvalue weighted by molar-refractivity contribution is 0.176. The van der Waals surface area contributed by atoms with Crippen LogP contribution in [0.25, 0.3) is 0 Å². The summed E-state index contributed by atoms with van der Waals surface area (Å²) in [7, 11) is 1.34. The fourth-order valence-corrected chi connectivity index (χ4v) is 2.87. The van der Waals surface area contributed by atoms with Crippen LogP contribution in [0.2, 0.25) is 0 Å². The van der Waals surface area contributed by atoms with Crippen LogP contribution >= 0.6 is 11.3 Å².